The Hall–Kier alpha value is -1.18. The average Bonchev–Trinajstić information content (AvgIpc) is 2.00. The van der Waals surface area contributed by atoms with Crippen LogP contribution in [0.2, 0.25) is 5.02 Å². The molecule has 0 aromatic carbocycles. The maximum Gasteiger partial charge on any atom is 0.269 e. The molecule has 0 saturated carbocycles. The van der Waals surface area contributed by atoms with Crippen LogP contribution in [0.1, 0.15) is 0 Å². The molecule has 0 radical (unpaired) electrons. The van der Waals surface area contributed by atoms with Crippen LogP contribution in [0.15, 0.2) is 23.4 Å². The Morgan fingerprint density at radius 1 is 1.55 bits per heavy atom. The van der Waals surface area contributed by atoms with E-state index in [2.05, 4.69) is 6.07 Å². The van der Waals surface area contributed by atoms with Crippen molar-refractivity contribution in [3.05, 3.63) is 23.2 Å². The Bertz CT molecular complexity index is 320. The predicted molar refractivity (Wildman–Crippen MR) is 39.7 cm³/mol. The number of isocyanates is 1. The summed E-state index contributed by atoms with van der Waals surface area (Å²) in [6.07, 6.45) is 0.639. The Morgan fingerprint density at radius 3 is 2.18 bits per heavy atom. The summed E-state index contributed by atoms with van der Waals surface area (Å²) in [7, 11) is 0. The highest BCUT2D eigenvalue weighted by atomic mass is 35.5. The first-order valence-electron chi connectivity index (χ1n) is 2.77. The van der Waals surface area contributed by atoms with E-state index in [1.54, 1.807) is 0 Å². The molecule has 0 aromatic heterocycles. The van der Waals surface area contributed by atoms with E-state index in [0.717, 1.165) is 5.02 Å². The minimum Gasteiger partial charge on any atom is -0.209 e. The van der Waals surface area contributed by atoms with E-state index in [-0.39, 0.29) is 0 Å². The van der Waals surface area contributed by atoms with Crippen LogP contribution in [0.4, 0.5) is 4.48 Å². The van der Waals surface area contributed by atoms with Crippen LogP contribution in [0.25, 0.3) is 11.1 Å². The summed E-state index contributed by atoms with van der Waals surface area (Å²) in [6, 6.07) is 6.05. The van der Waals surface area contributed by atoms with Crippen molar-refractivity contribution in [2.75, 3.05) is 0 Å². The summed E-state index contributed by atoms with van der Waals surface area (Å²) in [5.41, 5.74) is 2.55. The predicted octanol–water partition coefficient (Wildman–Crippen LogP) is 2.53. The van der Waals surface area contributed by atoms with Crippen LogP contribution < -0.4 is 0 Å². The van der Waals surface area contributed by atoms with Crippen LogP contribution >= 0.6 is 11.6 Å². The van der Waals surface area contributed by atoms with E-state index in [9.17, 15) is 4.48 Å². The number of carbonyl (C=O) groups excluding carboxylic acids is 1. The second-order valence-electron chi connectivity index (χ2n) is 1.87. The summed E-state index contributed by atoms with van der Waals surface area (Å²) < 4.78 is 9.92. The van der Waals surface area contributed by atoms with Gasteiger partial charge in [-0.15, -0.1) is 0 Å². The lowest BCUT2D eigenvalue weighted by Crippen LogP contribution is -1.89. The third-order valence-electron chi connectivity index (χ3n) is 1.31. The van der Waals surface area contributed by atoms with Crippen molar-refractivity contribution in [2.24, 2.45) is 5.21 Å². The molecule has 0 unspecified atom stereocenters. The Kier molecular flexibility index (Phi) is 2.36. The van der Waals surface area contributed by atoms with Gasteiger partial charge in [-0.2, -0.15) is 0 Å². The highest BCUT2D eigenvalue weighted by Crippen LogP contribution is 2.39. The van der Waals surface area contributed by atoms with Gasteiger partial charge in [0.15, 0.2) is 0 Å². The number of hydrogen-bond acceptors (Lipinski definition) is 2. The molecule has 2 nitrogen and oxygen atoms in total. The fraction of sp³-hybridized carbons (Fsp3) is 0. The fourth-order valence-electron chi connectivity index (χ4n) is 0.743. The SMILES string of the molecule is Clc1cc2ccc1-2.O=C=NF. The van der Waals surface area contributed by atoms with Gasteiger partial charge in [0, 0.05) is 15.8 Å². The monoisotopic (exact) mass is 171 g/mol. The zero-order valence-electron chi connectivity index (χ0n) is 5.34. The maximum absolute atomic E-state index is 9.92. The zero-order valence-corrected chi connectivity index (χ0v) is 6.10. The molecule has 0 saturated heterocycles. The summed E-state index contributed by atoms with van der Waals surface area (Å²) >= 11 is 5.60. The van der Waals surface area contributed by atoms with Crippen molar-refractivity contribution < 1.29 is 9.28 Å². The van der Waals surface area contributed by atoms with Crippen molar-refractivity contribution >= 4 is 17.7 Å². The molecule has 0 fully saturated rings. The summed E-state index contributed by atoms with van der Waals surface area (Å²) in [6.45, 7) is 0. The van der Waals surface area contributed by atoms with Gasteiger partial charge in [-0.3, -0.25) is 0 Å². The molecule has 0 spiro atoms. The van der Waals surface area contributed by atoms with Crippen molar-refractivity contribution in [1.82, 2.24) is 0 Å². The standard InChI is InChI=1S/C6H3Cl.CFNO/c7-6-3-4-1-2-5(4)6;2-3-1-4/h1-3H;. The topological polar surface area (TPSA) is 29.4 Å². The van der Waals surface area contributed by atoms with E-state index >= 15 is 0 Å². The molecule has 0 bridgehead atoms. The summed E-state index contributed by atoms with van der Waals surface area (Å²) in [5, 5.41) is 2.34. The lowest BCUT2D eigenvalue weighted by atomic mass is 9.94. The van der Waals surface area contributed by atoms with Crippen LogP contribution in [-0.2, 0) is 4.79 Å². The van der Waals surface area contributed by atoms with Crippen LogP contribution in [0, 0.1) is 0 Å². The minimum atomic E-state index is 0.639. The maximum atomic E-state index is 9.92. The second-order valence-corrected chi connectivity index (χ2v) is 2.28. The molecule has 2 aliphatic carbocycles. The van der Waals surface area contributed by atoms with Gasteiger partial charge in [0.25, 0.3) is 6.08 Å². The molecule has 2 rings (SSSR count). The van der Waals surface area contributed by atoms with Crippen molar-refractivity contribution in [2.45, 2.75) is 0 Å². The van der Waals surface area contributed by atoms with Crippen molar-refractivity contribution in [3.8, 4) is 11.1 Å². The molecule has 0 aliphatic heterocycles. The first-order chi connectivity index (χ1) is 5.29. The Labute approximate surface area is 67.3 Å². The smallest absolute Gasteiger partial charge is 0.209 e. The molecule has 0 aromatic rings. The largest absolute Gasteiger partial charge is 0.269 e. The van der Waals surface area contributed by atoms with Crippen molar-refractivity contribution in [1.29, 1.82) is 0 Å². The van der Waals surface area contributed by atoms with Gasteiger partial charge in [0.05, 0.1) is 0 Å². The first kappa shape index (κ1) is 7.92. The van der Waals surface area contributed by atoms with Crippen molar-refractivity contribution in [3.63, 3.8) is 0 Å². The number of benzene rings is 1. The highest BCUT2D eigenvalue weighted by molar-refractivity contribution is 6.35. The normalized spacial score (nSPS) is 8.91. The third kappa shape index (κ3) is 1.45. The van der Waals surface area contributed by atoms with Gasteiger partial charge in [-0.1, -0.05) is 28.2 Å². The molecule has 0 N–H and O–H groups in total. The fourth-order valence-corrected chi connectivity index (χ4v) is 1.03. The molecular weight excluding hydrogens is 169 g/mol. The molecule has 0 atom stereocenters. The van der Waals surface area contributed by atoms with Gasteiger partial charge >= 0.3 is 0 Å². The molecule has 0 heterocycles. The number of hydrogen-bond donors (Lipinski definition) is 0. The minimum absolute atomic E-state index is 0.639. The molecule has 4 heteroatoms. The van der Waals surface area contributed by atoms with E-state index in [4.69, 9.17) is 16.4 Å². The Morgan fingerprint density at radius 2 is 2.18 bits per heavy atom. The quantitative estimate of drug-likeness (QED) is 0.442. The Balaban J connectivity index is 0.000000134. The van der Waals surface area contributed by atoms with Gasteiger partial charge < -0.3 is 0 Å². The second kappa shape index (κ2) is 3.28. The number of nitrogens with zero attached hydrogens (tertiary/aromatic N) is 1. The number of fused-ring (bicyclic) bond motifs is 1. The van der Waals surface area contributed by atoms with Crippen LogP contribution in [-0.4, -0.2) is 6.08 Å². The number of rotatable bonds is 0. The van der Waals surface area contributed by atoms with Gasteiger partial charge in [-0.25, -0.2) is 4.79 Å². The molecule has 56 valence electrons. The first-order valence-corrected chi connectivity index (χ1v) is 3.15. The highest BCUT2D eigenvalue weighted by Gasteiger charge is 2.13. The lowest BCUT2D eigenvalue weighted by molar-refractivity contribution is 0.501. The molecule has 0 amide bonds. The molecule has 11 heavy (non-hydrogen) atoms. The number of halogens is 2. The van der Waals surface area contributed by atoms with E-state index in [1.165, 1.54) is 16.3 Å². The molecule has 2 aliphatic rings. The van der Waals surface area contributed by atoms with E-state index in [0.29, 0.717) is 6.08 Å². The summed E-state index contributed by atoms with van der Waals surface area (Å²) in [4.78, 5) is 8.51. The van der Waals surface area contributed by atoms with Gasteiger partial charge in [0.1, 0.15) is 0 Å². The van der Waals surface area contributed by atoms with E-state index in [1.807, 2.05) is 12.1 Å². The summed E-state index contributed by atoms with van der Waals surface area (Å²) in [5.74, 6) is 0. The van der Waals surface area contributed by atoms with Crippen LogP contribution in [0.5, 0.6) is 0 Å². The van der Waals surface area contributed by atoms with Gasteiger partial charge in [-0.05, 0) is 11.6 Å². The zero-order chi connectivity index (χ0) is 8.27. The van der Waals surface area contributed by atoms with Gasteiger partial charge in [0.2, 0.25) is 0 Å². The lowest BCUT2D eigenvalue weighted by Gasteiger charge is -2.15. The van der Waals surface area contributed by atoms with E-state index < -0.39 is 0 Å². The average molecular weight is 172 g/mol. The molecular formula is C7H3ClFNO. The third-order valence-corrected chi connectivity index (χ3v) is 1.63. The van der Waals surface area contributed by atoms with Crippen LogP contribution in [0.3, 0.4) is 0 Å².